The molecule has 4 amide bonds. The summed E-state index contributed by atoms with van der Waals surface area (Å²) in [4.78, 5) is 53.7. The van der Waals surface area contributed by atoms with E-state index < -0.39 is 4.87 Å². The number of anilines is 1. The number of nitrogens with zero attached hydrogens (tertiary/aromatic N) is 2. The van der Waals surface area contributed by atoms with Gasteiger partial charge in [-0.2, -0.15) is 0 Å². The summed E-state index contributed by atoms with van der Waals surface area (Å²) < 4.78 is 0. The highest BCUT2D eigenvalue weighted by Gasteiger charge is 2.57. The Morgan fingerprint density at radius 1 is 1.06 bits per heavy atom. The van der Waals surface area contributed by atoms with Crippen molar-refractivity contribution in [3.8, 4) is 0 Å². The highest BCUT2D eigenvalue weighted by Crippen LogP contribution is 2.55. The molecule has 3 heterocycles. The van der Waals surface area contributed by atoms with Crippen molar-refractivity contribution in [1.29, 1.82) is 0 Å². The van der Waals surface area contributed by atoms with Gasteiger partial charge in [-0.1, -0.05) is 54.2 Å². The van der Waals surface area contributed by atoms with Crippen molar-refractivity contribution < 1.29 is 19.2 Å². The van der Waals surface area contributed by atoms with Crippen LogP contribution in [-0.2, 0) is 14.4 Å². The maximum atomic E-state index is 13.2. The zero-order chi connectivity index (χ0) is 22.3. The van der Waals surface area contributed by atoms with Gasteiger partial charge in [0.15, 0.2) is 4.87 Å². The van der Waals surface area contributed by atoms with Crippen molar-refractivity contribution in [2.45, 2.75) is 22.6 Å². The predicted octanol–water partition coefficient (Wildman–Crippen LogP) is 3.47. The molecule has 0 spiro atoms. The van der Waals surface area contributed by atoms with Gasteiger partial charge in [0.2, 0.25) is 5.91 Å². The van der Waals surface area contributed by atoms with E-state index in [0.29, 0.717) is 17.7 Å². The smallest absolute Gasteiger partial charge is 0.293 e. The lowest BCUT2D eigenvalue weighted by Crippen LogP contribution is -2.53. The van der Waals surface area contributed by atoms with E-state index in [4.69, 9.17) is 0 Å². The van der Waals surface area contributed by atoms with Gasteiger partial charge in [0.25, 0.3) is 17.1 Å². The summed E-state index contributed by atoms with van der Waals surface area (Å²) in [5.74, 6) is -0.720. The van der Waals surface area contributed by atoms with E-state index in [1.165, 1.54) is 11.8 Å². The fourth-order valence-corrected chi connectivity index (χ4v) is 6.41. The fourth-order valence-electron chi connectivity index (χ4n) is 4.11. The molecule has 32 heavy (non-hydrogen) atoms. The number of para-hydroxylation sites is 1. The molecule has 3 aliphatic rings. The van der Waals surface area contributed by atoms with Crippen LogP contribution in [0.1, 0.15) is 18.4 Å². The Labute approximate surface area is 193 Å². The van der Waals surface area contributed by atoms with Crippen molar-refractivity contribution in [2.24, 2.45) is 0 Å². The van der Waals surface area contributed by atoms with E-state index in [2.05, 4.69) is 5.32 Å². The zero-order valence-electron chi connectivity index (χ0n) is 16.9. The molecule has 1 N–H and O–H groups in total. The standard InChI is InChI=1S/C23H19N3O4S2/c27-19-10-11-23(26(19)16-8-4-5-9-17(16)32-23)21(29)24-12-13-25-20(28)18(31-22(25)30)14-15-6-2-1-3-7-15/h1-9,14H,10-13H2,(H,24,29)/b18-14-. The van der Waals surface area contributed by atoms with Crippen LogP contribution in [0.25, 0.3) is 6.08 Å². The summed E-state index contributed by atoms with van der Waals surface area (Å²) >= 11 is 2.28. The van der Waals surface area contributed by atoms with Gasteiger partial charge in [-0.3, -0.25) is 29.0 Å². The molecule has 9 heteroatoms. The molecule has 5 rings (SSSR count). The molecule has 2 fully saturated rings. The largest absolute Gasteiger partial charge is 0.351 e. The molecule has 162 valence electrons. The number of carbonyl (C=O) groups is 4. The van der Waals surface area contributed by atoms with E-state index in [1.807, 2.05) is 54.6 Å². The Balaban J connectivity index is 1.25. The summed E-state index contributed by atoms with van der Waals surface area (Å²) in [6.07, 6.45) is 2.41. The van der Waals surface area contributed by atoms with Crippen LogP contribution in [0, 0.1) is 0 Å². The fraction of sp³-hybridized carbons (Fsp3) is 0.217. The first kappa shape index (κ1) is 20.8. The quantitative estimate of drug-likeness (QED) is 0.681. The monoisotopic (exact) mass is 465 g/mol. The molecule has 0 aromatic heterocycles. The lowest BCUT2D eigenvalue weighted by Gasteiger charge is -2.29. The number of hydrogen-bond donors (Lipinski definition) is 1. The summed E-state index contributed by atoms with van der Waals surface area (Å²) in [6, 6.07) is 16.8. The molecule has 2 saturated heterocycles. The number of imide groups is 1. The maximum Gasteiger partial charge on any atom is 0.293 e. The summed E-state index contributed by atoms with van der Waals surface area (Å²) in [5.41, 5.74) is 1.60. The molecule has 2 aromatic carbocycles. The second-order valence-corrected chi connectivity index (χ2v) is 9.90. The van der Waals surface area contributed by atoms with Gasteiger partial charge in [0, 0.05) is 24.4 Å². The highest BCUT2D eigenvalue weighted by molar-refractivity contribution is 8.18. The van der Waals surface area contributed by atoms with Crippen LogP contribution in [0.15, 0.2) is 64.4 Å². The molecule has 0 radical (unpaired) electrons. The minimum absolute atomic E-state index is 0.0736. The second-order valence-electron chi connectivity index (χ2n) is 7.58. The van der Waals surface area contributed by atoms with E-state index >= 15 is 0 Å². The van der Waals surface area contributed by atoms with Crippen LogP contribution >= 0.6 is 23.5 Å². The lowest BCUT2D eigenvalue weighted by molar-refractivity contribution is -0.125. The third-order valence-electron chi connectivity index (χ3n) is 5.62. The van der Waals surface area contributed by atoms with Crippen LogP contribution in [0.5, 0.6) is 0 Å². The van der Waals surface area contributed by atoms with Crippen LogP contribution < -0.4 is 10.2 Å². The first-order valence-corrected chi connectivity index (χ1v) is 11.8. The van der Waals surface area contributed by atoms with E-state index in [-0.39, 0.29) is 36.1 Å². The van der Waals surface area contributed by atoms with E-state index in [0.717, 1.165) is 32.8 Å². The summed E-state index contributed by atoms with van der Waals surface area (Å²) in [5, 5.41) is 2.49. The molecular weight excluding hydrogens is 446 g/mol. The molecule has 0 bridgehead atoms. The summed E-state index contributed by atoms with van der Waals surface area (Å²) in [6.45, 7) is 0.195. The minimum Gasteiger partial charge on any atom is -0.351 e. The number of benzene rings is 2. The average Bonchev–Trinajstić information content (AvgIpc) is 3.40. The van der Waals surface area contributed by atoms with Gasteiger partial charge in [-0.15, -0.1) is 0 Å². The summed E-state index contributed by atoms with van der Waals surface area (Å²) in [7, 11) is 0. The van der Waals surface area contributed by atoms with E-state index in [9.17, 15) is 19.2 Å². The number of thioether (sulfide) groups is 2. The molecule has 0 aliphatic carbocycles. The molecule has 1 unspecified atom stereocenters. The number of hydrogen-bond acceptors (Lipinski definition) is 6. The third kappa shape index (κ3) is 3.41. The van der Waals surface area contributed by atoms with Gasteiger partial charge in [-0.25, -0.2) is 0 Å². The second kappa shape index (κ2) is 8.14. The SMILES string of the molecule is O=C1S/C(=C\c2ccccc2)C(=O)N1CCNC(=O)C12CCC(=O)N1c1ccccc1S2. The van der Waals surface area contributed by atoms with Crippen LogP contribution in [-0.4, -0.2) is 45.8 Å². The number of nitrogens with one attached hydrogen (secondary N) is 1. The van der Waals surface area contributed by atoms with Crippen molar-refractivity contribution in [3.63, 3.8) is 0 Å². The van der Waals surface area contributed by atoms with Gasteiger partial charge in [0.05, 0.1) is 10.6 Å². The van der Waals surface area contributed by atoms with Gasteiger partial charge in [0.1, 0.15) is 0 Å². The zero-order valence-corrected chi connectivity index (χ0v) is 18.6. The number of carbonyl (C=O) groups excluding carboxylic acids is 4. The Kier molecular flexibility index (Phi) is 5.30. The third-order valence-corrected chi connectivity index (χ3v) is 8.00. The molecule has 3 aliphatic heterocycles. The Hall–Kier alpha value is -3.04. The highest BCUT2D eigenvalue weighted by atomic mass is 32.2. The molecule has 0 saturated carbocycles. The van der Waals surface area contributed by atoms with Crippen LogP contribution in [0.4, 0.5) is 10.5 Å². The molecular formula is C23H19N3O4S2. The molecule has 2 aromatic rings. The first-order chi connectivity index (χ1) is 15.5. The molecule has 1 atom stereocenters. The Morgan fingerprint density at radius 3 is 2.62 bits per heavy atom. The Morgan fingerprint density at radius 2 is 1.81 bits per heavy atom. The predicted molar refractivity (Wildman–Crippen MR) is 124 cm³/mol. The van der Waals surface area contributed by atoms with Gasteiger partial charge >= 0.3 is 0 Å². The number of rotatable bonds is 5. The lowest BCUT2D eigenvalue weighted by atomic mass is 10.2. The van der Waals surface area contributed by atoms with Crippen molar-refractivity contribution in [3.05, 3.63) is 65.1 Å². The van der Waals surface area contributed by atoms with Gasteiger partial charge in [-0.05, 0) is 42.0 Å². The topological polar surface area (TPSA) is 86.8 Å². The average molecular weight is 466 g/mol. The molecule has 7 nitrogen and oxygen atoms in total. The maximum absolute atomic E-state index is 13.2. The first-order valence-electron chi connectivity index (χ1n) is 10.2. The van der Waals surface area contributed by atoms with E-state index in [1.54, 1.807) is 11.0 Å². The minimum atomic E-state index is -1.01. The van der Waals surface area contributed by atoms with Crippen molar-refractivity contribution >= 4 is 58.2 Å². The van der Waals surface area contributed by atoms with Gasteiger partial charge < -0.3 is 5.32 Å². The van der Waals surface area contributed by atoms with Crippen LogP contribution in [0.3, 0.4) is 0 Å². The van der Waals surface area contributed by atoms with Crippen LogP contribution in [0.2, 0.25) is 0 Å². The van der Waals surface area contributed by atoms with Crippen molar-refractivity contribution in [1.82, 2.24) is 10.2 Å². The Bertz CT molecular complexity index is 1170. The number of fused-ring (bicyclic) bond motifs is 3. The normalized spacial score (nSPS) is 23.1. The van der Waals surface area contributed by atoms with Crippen molar-refractivity contribution in [2.75, 3.05) is 18.0 Å². The number of amides is 4.